The molecule has 0 saturated heterocycles. The Kier molecular flexibility index (Phi) is 4.99. The van der Waals surface area contributed by atoms with Crippen LogP contribution in [0.2, 0.25) is 0 Å². The summed E-state index contributed by atoms with van der Waals surface area (Å²) in [5, 5.41) is 2.90. The molecule has 0 radical (unpaired) electrons. The Balaban J connectivity index is 1.38. The van der Waals surface area contributed by atoms with Gasteiger partial charge in [0.15, 0.2) is 11.5 Å². The molecule has 0 fully saturated rings. The summed E-state index contributed by atoms with van der Waals surface area (Å²) in [6.07, 6.45) is 7.12. The molecular formula is C25H21N3O4. The second-order valence-corrected chi connectivity index (χ2v) is 7.40. The van der Waals surface area contributed by atoms with E-state index >= 15 is 0 Å². The maximum atomic E-state index is 12.6. The van der Waals surface area contributed by atoms with E-state index in [9.17, 15) is 4.79 Å². The molecule has 0 spiro atoms. The van der Waals surface area contributed by atoms with Gasteiger partial charge in [-0.2, -0.15) is 0 Å². The average molecular weight is 427 g/mol. The molecule has 2 aromatic heterocycles. The number of carbonyl (C=O) groups excluding carboxylic acids is 1. The first-order chi connectivity index (χ1) is 15.6. The number of imidazole rings is 1. The van der Waals surface area contributed by atoms with Gasteiger partial charge in [0, 0.05) is 24.0 Å². The predicted octanol–water partition coefficient (Wildman–Crippen LogP) is 4.70. The van der Waals surface area contributed by atoms with Gasteiger partial charge in [0.25, 0.3) is 0 Å². The lowest BCUT2D eigenvalue weighted by Crippen LogP contribution is -2.09. The standard InChI is InChI=1S/C25H21N3O4/c1-16-4-3-11-28-14-20(27-25(16)28)18-7-9-21(30-2)19(13-18)26-24(29)10-6-17-5-8-22-23(12-17)32-15-31-22/h3-14H,15H2,1-2H3,(H,26,29)/b10-6+. The fourth-order valence-electron chi connectivity index (χ4n) is 3.62. The summed E-state index contributed by atoms with van der Waals surface area (Å²) in [7, 11) is 1.57. The third-order valence-electron chi connectivity index (χ3n) is 5.25. The lowest BCUT2D eigenvalue weighted by Gasteiger charge is -2.10. The maximum absolute atomic E-state index is 12.6. The molecule has 2 aromatic carbocycles. The van der Waals surface area contributed by atoms with Crippen LogP contribution in [0, 0.1) is 6.92 Å². The van der Waals surface area contributed by atoms with E-state index in [0.717, 1.165) is 28.0 Å². The van der Waals surface area contributed by atoms with Crippen LogP contribution in [0.25, 0.3) is 23.0 Å². The molecule has 160 valence electrons. The van der Waals surface area contributed by atoms with Gasteiger partial charge in [-0.15, -0.1) is 0 Å². The second kappa shape index (κ2) is 8.11. The van der Waals surface area contributed by atoms with Crippen LogP contribution in [0.3, 0.4) is 0 Å². The van der Waals surface area contributed by atoms with Crippen molar-refractivity contribution in [3.05, 3.63) is 78.1 Å². The molecule has 1 amide bonds. The highest BCUT2D eigenvalue weighted by atomic mass is 16.7. The van der Waals surface area contributed by atoms with Crippen molar-refractivity contribution in [1.29, 1.82) is 0 Å². The number of nitrogens with zero attached hydrogens (tertiary/aromatic N) is 2. The highest BCUT2D eigenvalue weighted by Crippen LogP contribution is 2.33. The molecule has 5 rings (SSSR count). The third-order valence-corrected chi connectivity index (χ3v) is 5.25. The number of hydrogen-bond donors (Lipinski definition) is 1. The molecule has 1 aliphatic rings. The van der Waals surface area contributed by atoms with Crippen LogP contribution in [0.15, 0.2) is 67.0 Å². The van der Waals surface area contributed by atoms with Crippen LogP contribution in [0.4, 0.5) is 5.69 Å². The Morgan fingerprint density at radius 1 is 1.16 bits per heavy atom. The maximum Gasteiger partial charge on any atom is 0.248 e. The Bertz CT molecular complexity index is 1360. The summed E-state index contributed by atoms with van der Waals surface area (Å²) in [6.45, 7) is 2.24. The predicted molar refractivity (Wildman–Crippen MR) is 122 cm³/mol. The van der Waals surface area contributed by atoms with Gasteiger partial charge in [-0.1, -0.05) is 12.1 Å². The average Bonchev–Trinajstić information content (AvgIpc) is 3.45. The summed E-state index contributed by atoms with van der Waals surface area (Å²) in [6, 6.07) is 15.1. The normalized spacial score (nSPS) is 12.4. The second-order valence-electron chi connectivity index (χ2n) is 7.40. The first-order valence-corrected chi connectivity index (χ1v) is 10.1. The lowest BCUT2D eigenvalue weighted by atomic mass is 10.1. The number of aromatic nitrogens is 2. The molecule has 1 aliphatic heterocycles. The molecule has 0 aliphatic carbocycles. The van der Waals surface area contributed by atoms with Gasteiger partial charge < -0.3 is 23.9 Å². The Labute approximate surface area is 184 Å². The summed E-state index contributed by atoms with van der Waals surface area (Å²) in [4.78, 5) is 17.3. The van der Waals surface area contributed by atoms with E-state index in [-0.39, 0.29) is 12.7 Å². The molecule has 4 aromatic rings. The zero-order chi connectivity index (χ0) is 22.1. The number of carbonyl (C=O) groups is 1. The van der Waals surface area contributed by atoms with Gasteiger partial charge in [-0.05, 0) is 60.5 Å². The van der Waals surface area contributed by atoms with Crippen molar-refractivity contribution in [3.63, 3.8) is 0 Å². The summed E-state index contributed by atoms with van der Waals surface area (Å²) in [5.41, 5.74) is 5.09. The fourth-order valence-corrected chi connectivity index (χ4v) is 3.62. The molecule has 0 bridgehead atoms. The molecular weight excluding hydrogens is 406 g/mol. The van der Waals surface area contributed by atoms with Gasteiger partial charge in [0.05, 0.1) is 18.5 Å². The molecule has 3 heterocycles. The third kappa shape index (κ3) is 3.76. The molecule has 0 unspecified atom stereocenters. The largest absolute Gasteiger partial charge is 0.495 e. The number of anilines is 1. The van der Waals surface area contributed by atoms with E-state index in [0.29, 0.717) is 22.9 Å². The Hall–Kier alpha value is -4.26. The molecule has 32 heavy (non-hydrogen) atoms. The quantitative estimate of drug-likeness (QED) is 0.468. The first-order valence-electron chi connectivity index (χ1n) is 10.1. The van der Waals surface area contributed by atoms with Gasteiger partial charge in [-0.3, -0.25) is 4.79 Å². The van der Waals surface area contributed by atoms with Crippen molar-refractivity contribution in [2.24, 2.45) is 0 Å². The zero-order valence-corrected chi connectivity index (χ0v) is 17.7. The van der Waals surface area contributed by atoms with Gasteiger partial charge in [0.2, 0.25) is 12.7 Å². The highest BCUT2D eigenvalue weighted by molar-refractivity contribution is 6.03. The lowest BCUT2D eigenvalue weighted by molar-refractivity contribution is -0.111. The fraction of sp³-hybridized carbons (Fsp3) is 0.120. The summed E-state index contributed by atoms with van der Waals surface area (Å²) >= 11 is 0. The van der Waals surface area contributed by atoms with Gasteiger partial charge in [0.1, 0.15) is 11.4 Å². The van der Waals surface area contributed by atoms with Crippen LogP contribution in [-0.2, 0) is 4.79 Å². The topological polar surface area (TPSA) is 74.1 Å². The van der Waals surface area contributed by atoms with E-state index in [4.69, 9.17) is 19.2 Å². The number of hydrogen-bond acceptors (Lipinski definition) is 5. The van der Waals surface area contributed by atoms with Crippen LogP contribution >= 0.6 is 0 Å². The van der Waals surface area contributed by atoms with Crippen LogP contribution in [-0.4, -0.2) is 29.2 Å². The van der Waals surface area contributed by atoms with Crippen LogP contribution in [0.1, 0.15) is 11.1 Å². The Morgan fingerprint density at radius 2 is 2.03 bits per heavy atom. The smallest absolute Gasteiger partial charge is 0.248 e. The van der Waals surface area contributed by atoms with Crippen molar-refractivity contribution < 1.29 is 19.0 Å². The van der Waals surface area contributed by atoms with Crippen molar-refractivity contribution >= 4 is 23.3 Å². The molecule has 1 N–H and O–H groups in total. The van der Waals surface area contributed by atoms with Crippen molar-refractivity contribution in [3.8, 4) is 28.5 Å². The van der Waals surface area contributed by atoms with Crippen LogP contribution < -0.4 is 19.5 Å². The first kappa shape index (κ1) is 19.7. The van der Waals surface area contributed by atoms with Gasteiger partial charge in [-0.25, -0.2) is 4.98 Å². The number of aryl methyl sites for hydroxylation is 1. The summed E-state index contributed by atoms with van der Waals surface area (Å²) in [5.74, 6) is 1.67. The number of pyridine rings is 1. The van der Waals surface area contributed by atoms with Crippen LogP contribution in [0.5, 0.6) is 17.2 Å². The van der Waals surface area contributed by atoms with E-state index in [2.05, 4.69) is 5.32 Å². The number of nitrogens with one attached hydrogen (secondary N) is 1. The van der Waals surface area contributed by atoms with Crippen molar-refractivity contribution in [2.75, 3.05) is 19.2 Å². The van der Waals surface area contributed by atoms with E-state index in [1.807, 2.05) is 72.2 Å². The van der Waals surface area contributed by atoms with Gasteiger partial charge >= 0.3 is 0 Å². The SMILES string of the molecule is COc1ccc(-c2cn3cccc(C)c3n2)cc1NC(=O)/C=C/c1ccc2c(c1)OCO2. The summed E-state index contributed by atoms with van der Waals surface area (Å²) < 4.78 is 18.1. The Morgan fingerprint density at radius 3 is 2.88 bits per heavy atom. The minimum absolute atomic E-state index is 0.213. The minimum Gasteiger partial charge on any atom is -0.495 e. The highest BCUT2D eigenvalue weighted by Gasteiger charge is 2.13. The molecule has 0 atom stereocenters. The zero-order valence-electron chi connectivity index (χ0n) is 17.7. The van der Waals surface area contributed by atoms with E-state index in [1.54, 1.807) is 13.2 Å². The minimum atomic E-state index is -0.274. The number of benzene rings is 2. The van der Waals surface area contributed by atoms with E-state index in [1.165, 1.54) is 6.08 Å². The number of rotatable bonds is 5. The number of amides is 1. The molecule has 7 nitrogen and oxygen atoms in total. The number of ether oxygens (including phenoxy) is 3. The van der Waals surface area contributed by atoms with E-state index < -0.39 is 0 Å². The molecule has 7 heteroatoms. The number of fused-ring (bicyclic) bond motifs is 2. The monoisotopic (exact) mass is 427 g/mol. The molecule has 0 saturated carbocycles. The van der Waals surface area contributed by atoms with Crippen molar-refractivity contribution in [2.45, 2.75) is 6.92 Å². The number of methoxy groups -OCH3 is 1. The van der Waals surface area contributed by atoms with Crippen molar-refractivity contribution in [1.82, 2.24) is 9.38 Å².